The van der Waals surface area contributed by atoms with Gasteiger partial charge in [-0.25, -0.2) is 0 Å². The molecular weight excluding hydrogens is 310 g/mol. The van der Waals surface area contributed by atoms with E-state index in [9.17, 15) is 0 Å². The molecule has 0 aliphatic heterocycles. The Kier molecular flexibility index (Phi) is 6.60. The second-order valence-electron chi connectivity index (χ2n) is 4.50. The summed E-state index contributed by atoms with van der Waals surface area (Å²) in [5, 5.41) is 3.39. The minimum atomic E-state index is 0.416. The molecule has 0 unspecified atom stereocenters. The first kappa shape index (κ1) is 15.4. The van der Waals surface area contributed by atoms with E-state index >= 15 is 0 Å². The van der Waals surface area contributed by atoms with Gasteiger partial charge in [0.1, 0.15) is 4.99 Å². The van der Waals surface area contributed by atoms with E-state index in [0.29, 0.717) is 4.99 Å². The molecule has 0 bridgehead atoms. The van der Waals surface area contributed by atoms with Crippen molar-refractivity contribution in [2.45, 2.75) is 12.8 Å². The normalized spacial score (nSPS) is 10.7. The van der Waals surface area contributed by atoms with Gasteiger partial charge in [-0.05, 0) is 67.6 Å². The molecule has 0 aliphatic rings. The fraction of sp³-hybridized carbons (Fsp3) is 0.462. The minimum Gasteiger partial charge on any atom is -0.389 e. The van der Waals surface area contributed by atoms with Gasteiger partial charge in [-0.2, -0.15) is 0 Å². The summed E-state index contributed by atoms with van der Waals surface area (Å²) >= 11 is 8.44. The molecule has 0 atom stereocenters. The topological polar surface area (TPSA) is 41.3 Å². The highest BCUT2D eigenvalue weighted by Gasteiger charge is 2.03. The molecule has 0 fully saturated rings. The second-order valence-corrected chi connectivity index (χ2v) is 5.79. The number of hydrogen-bond donors (Lipinski definition) is 2. The zero-order chi connectivity index (χ0) is 13.5. The fourth-order valence-electron chi connectivity index (χ4n) is 1.61. The van der Waals surface area contributed by atoms with Crippen LogP contribution in [0.25, 0.3) is 0 Å². The molecule has 0 saturated heterocycles. The molecule has 5 heteroatoms. The molecular formula is C13H20BrN3S. The van der Waals surface area contributed by atoms with Gasteiger partial charge in [-0.15, -0.1) is 0 Å². The van der Waals surface area contributed by atoms with Crippen LogP contribution in [0.3, 0.4) is 0 Å². The summed E-state index contributed by atoms with van der Waals surface area (Å²) in [6, 6.07) is 5.96. The number of rotatable bonds is 7. The lowest BCUT2D eigenvalue weighted by Gasteiger charge is -2.11. The predicted molar refractivity (Wildman–Crippen MR) is 86.3 cm³/mol. The van der Waals surface area contributed by atoms with E-state index in [4.69, 9.17) is 18.0 Å². The predicted octanol–water partition coefficient (Wildman–Crippen LogP) is 2.84. The third kappa shape index (κ3) is 5.33. The Morgan fingerprint density at radius 3 is 2.67 bits per heavy atom. The average molecular weight is 330 g/mol. The van der Waals surface area contributed by atoms with Gasteiger partial charge in [0, 0.05) is 22.3 Å². The summed E-state index contributed by atoms with van der Waals surface area (Å²) in [6.45, 7) is 2.11. The monoisotopic (exact) mass is 329 g/mol. The van der Waals surface area contributed by atoms with E-state index in [-0.39, 0.29) is 0 Å². The highest BCUT2D eigenvalue weighted by atomic mass is 79.9. The van der Waals surface area contributed by atoms with Crippen LogP contribution in [-0.2, 0) is 0 Å². The van der Waals surface area contributed by atoms with Gasteiger partial charge >= 0.3 is 0 Å². The van der Waals surface area contributed by atoms with Crippen molar-refractivity contribution in [2.75, 3.05) is 32.5 Å². The van der Waals surface area contributed by atoms with Gasteiger partial charge in [0.25, 0.3) is 0 Å². The largest absolute Gasteiger partial charge is 0.389 e. The van der Waals surface area contributed by atoms with E-state index in [1.807, 2.05) is 18.2 Å². The molecule has 0 aromatic heterocycles. The van der Waals surface area contributed by atoms with Crippen LogP contribution in [0.15, 0.2) is 22.7 Å². The second kappa shape index (κ2) is 7.71. The zero-order valence-corrected chi connectivity index (χ0v) is 13.3. The van der Waals surface area contributed by atoms with Crippen LogP contribution < -0.4 is 11.1 Å². The summed E-state index contributed by atoms with van der Waals surface area (Å²) in [4.78, 5) is 2.62. The number of hydrogen-bond acceptors (Lipinski definition) is 3. The number of unbranched alkanes of at least 4 members (excludes halogenated alkanes) is 1. The Balaban J connectivity index is 2.39. The number of nitrogens with one attached hydrogen (secondary N) is 1. The van der Waals surface area contributed by atoms with Gasteiger partial charge in [-0.3, -0.25) is 0 Å². The number of halogens is 1. The third-order valence-electron chi connectivity index (χ3n) is 2.60. The Labute approximate surface area is 123 Å². The van der Waals surface area contributed by atoms with Crippen LogP contribution in [0.5, 0.6) is 0 Å². The molecule has 0 spiro atoms. The van der Waals surface area contributed by atoms with Gasteiger partial charge in [-0.1, -0.05) is 12.2 Å². The maximum Gasteiger partial charge on any atom is 0.105 e. The average Bonchev–Trinajstić information content (AvgIpc) is 2.27. The van der Waals surface area contributed by atoms with Gasteiger partial charge in [0.05, 0.1) is 0 Å². The van der Waals surface area contributed by atoms with Crippen molar-refractivity contribution in [1.29, 1.82) is 0 Å². The number of benzene rings is 1. The lowest BCUT2D eigenvalue weighted by atomic mass is 10.2. The quantitative estimate of drug-likeness (QED) is 0.596. The van der Waals surface area contributed by atoms with Gasteiger partial charge in [0.15, 0.2) is 0 Å². The van der Waals surface area contributed by atoms with Crippen molar-refractivity contribution >= 4 is 38.8 Å². The van der Waals surface area contributed by atoms with Gasteiger partial charge < -0.3 is 16.0 Å². The SMILES string of the molecule is CN(C)CCCCNc1ccc(C(N)=S)c(Br)c1. The van der Waals surface area contributed by atoms with E-state index in [0.717, 1.165) is 35.2 Å². The van der Waals surface area contributed by atoms with E-state index in [1.54, 1.807) is 0 Å². The van der Waals surface area contributed by atoms with Crippen molar-refractivity contribution in [3.63, 3.8) is 0 Å². The van der Waals surface area contributed by atoms with Crippen LogP contribution in [0, 0.1) is 0 Å². The van der Waals surface area contributed by atoms with E-state index < -0.39 is 0 Å². The highest BCUT2D eigenvalue weighted by Crippen LogP contribution is 2.21. The van der Waals surface area contributed by atoms with Gasteiger partial charge in [0.2, 0.25) is 0 Å². The van der Waals surface area contributed by atoms with Crippen LogP contribution in [0.2, 0.25) is 0 Å². The smallest absolute Gasteiger partial charge is 0.105 e. The standard InChI is InChI=1S/C13H20BrN3S/c1-17(2)8-4-3-7-16-10-5-6-11(13(15)18)12(14)9-10/h5-6,9,16H,3-4,7-8H2,1-2H3,(H2,15,18). The van der Waals surface area contributed by atoms with Crippen LogP contribution >= 0.6 is 28.1 Å². The molecule has 3 nitrogen and oxygen atoms in total. The van der Waals surface area contributed by atoms with Crippen LogP contribution in [-0.4, -0.2) is 37.1 Å². The molecule has 0 radical (unpaired) electrons. The Bertz CT molecular complexity index is 407. The summed E-state index contributed by atoms with van der Waals surface area (Å²) in [7, 11) is 4.19. The minimum absolute atomic E-state index is 0.416. The highest BCUT2D eigenvalue weighted by molar-refractivity contribution is 9.10. The summed E-state index contributed by atoms with van der Waals surface area (Å²) in [5.74, 6) is 0. The molecule has 1 rings (SSSR count). The molecule has 1 aromatic rings. The Hall–Kier alpha value is -0.650. The third-order valence-corrected chi connectivity index (χ3v) is 3.47. The maximum absolute atomic E-state index is 5.61. The molecule has 18 heavy (non-hydrogen) atoms. The van der Waals surface area contributed by atoms with E-state index in [2.05, 4.69) is 40.2 Å². The lowest BCUT2D eigenvalue weighted by Crippen LogP contribution is -2.14. The number of nitrogens with zero attached hydrogens (tertiary/aromatic N) is 1. The summed E-state index contributed by atoms with van der Waals surface area (Å²) in [6.07, 6.45) is 2.36. The van der Waals surface area contributed by atoms with Crippen molar-refractivity contribution in [1.82, 2.24) is 4.90 Å². The lowest BCUT2D eigenvalue weighted by molar-refractivity contribution is 0.396. The van der Waals surface area contributed by atoms with Crippen LogP contribution in [0.4, 0.5) is 5.69 Å². The number of anilines is 1. The molecule has 3 N–H and O–H groups in total. The van der Waals surface area contributed by atoms with Crippen molar-refractivity contribution in [2.24, 2.45) is 5.73 Å². The van der Waals surface area contributed by atoms with Crippen molar-refractivity contribution < 1.29 is 0 Å². The molecule has 1 aromatic carbocycles. The van der Waals surface area contributed by atoms with Crippen molar-refractivity contribution in [3.05, 3.63) is 28.2 Å². The Morgan fingerprint density at radius 1 is 1.39 bits per heavy atom. The van der Waals surface area contributed by atoms with Crippen molar-refractivity contribution in [3.8, 4) is 0 Å². The molecule has 0 aliphatic carbocycles. The summed E-state index contributed by atoms with van der Waals surface area (Å²) < 4.78 is 0.938. The fourth-order valence-corrected chi connectivity index (χ4v) is 2.51. The molecule has 100 valence electrons. The molecule has 0 heterocycles. The zero-order valence-electron chi connectivity index (χ0n) is 10.9. The number of nitrogens with two attached hydrogens (primary N) is 1. The first-order chi connectivity index (χ1) is 8.50. The molecule has 0 saturated carbocycles. The van der Waals surface area contributed by atoms with E-state index in [1.165, 1.54) is 6.42 Å². The first-order valence-electron chi connectivity index (χ1n) is 5.98. The maximum atomic E-state index is 5.61. The summed E-state index contributed by atoms with van der Waals surface area (Å²) in [5.41, 5.74) is 7.58. The Morgan fingerprint density at radius 2 is 2.11 bits per heavy atom. The number of thiocarbonyl (C=S) groups is 1. The first-order valence-corrected chi connectivity index (χ1v) is 7.19. The molecule has 0 amide bonds. The van der Waals surface area contributed by atoms with Crippen LogP contribution in [0.1, 0.15) is 18.4 Å².